The lowest BCUT2D eigenvalue weighted by Gasteiger charge is -2.19. The van der Waals surface area contributed by atoms with Gasteiger partial charge in [-0.05, 0) is 29.8 Å². The van der Waals surface area contributed by atoms with Crippen LogP contribution in [0.1, 0.15) is 11.1 Å². The fraction of sp³-hybridized carbons (Fsp3) is 0.222. The summed E-state index contributed by atoms with van der Waals surface area (Å²) in [6, 6.07) is 16.5. The molecule has 1 N–H and O–H groups in total. The standard InChI is InChI=1S/C18H17NO4/c1-22-15-9-7-13(8-10-15)11-18(12-20)17(21)23-16(19-18)14-5-3-2-4-6-14/h2-10,20H,11-12H2,1H3. The number of esters is 1. The third-order valence-corrected chi connectivity index (χ3v) is 3.82. The predicted molar refractivity (Wildman–Crippen MR) is 85.6 cm³/mol. The molecule has 0 saturated heterocycles. The van der Waals surface area contributed by atoms with E-state index in [-0.39, 0.29) is 12.3 Å². The van der Waals surface area contributed by atoms with Crippen LogP contribution in [-0.2, 0) is 16.0 Å². The first kappa shape index (κ1) is 15.2. The summed E-state index contributed by atoms with van der Waals surface area (Å²) < 4.78 is 10.4. The minimum atomic E-state index is -1.29. The van der Waals surface area contributed by atoms with Gasteiger partial charge in [0, 0.05) is 12.0 Å². The Balaban J connectivity index is 1.90. The van der Waals surface area contributed by atoms with Gasteiger partial charge in [0.1, 0.15) is 5.75 Å². The third-order valence-electron chi connectivity index (χ3n) is 3.82. The van der Waals surface area contributed by atoms with Gasteiger partial charge in [-0.2, -0.15) is 0 Å². The summed E-state index contributed by atoms with van der Waals surface area (Å²) in [6.07, 6.45) is 0.267. The van der Waals surface area contributed by atoms with Crippen LogP contribution in [0.2, 0.25) is 0 Å². The lowest BCUT2D eigenvalue weighted by molar-refractivity contribution is -0.140. The average Bonchev–Trinajstić information content (AvgIpc) is 2.93. The Morgan fingerprint density at radius 3 is 2.43 bits per heavy atom. The van der Waals surface area contributed by atoms with E-state index in [9.17, 15) is 9.90 Å². The van der Waals surface area contributed by atoms with Gasteiger partial charge in [-0.1, -0.05) is 30.3 Å². The minimum Gasteiger partial charge on any atom is -0.497 e. The van der Waals surface area contributed by atoms with E-state index < -0.39 is 18.1 Å². The Hall–Kier alpha value is -2.66. The lowest BCUT2D eigenvalue weighted by Crippen LogP contribution is -2.40. The molecular weight excluding hydrogens is 294 g/mol. The zero-order chi connectivity index (χ0) is 16.3. The number of ether oxygens (including phenoxy) is 2. The predicted octanol–water partition coefficient (Wildman–Crippen LogP) is 1.97. The van der Waals surface area contributed by atoms with E-state index in [0.717, 1.165) is 11.3 Å². The van der Waals surface area contributed by atoms with Crippen LogP contribution in [0, 0.1) is 0 Å². The van der Waals surface area contributed by atoms with Crippen LogP contribution in [0.4, 0.5) is 0 Å². The summed E-state index contributed by atoms with van der Waals surface area (Å²) in [4.78, 5) is 16.7. The van der Waals surface area contributed by atoms with Crippen molar-refractivity contribution in [2.45, 2.75) is 12.0 Å². The van der Waals surface area contributed by atoms with Crippen molar-refractivity contribution in [2.75, 3.05) is 13.7 Å². The fourth-order valence-corrected chi connectivity index (χ4v) is 2.50. The van der Waals surface area contributed by atoms with Crippen LogP contribution in [0.5, 0.6) is 5.75 Å². The average molecular weight is 311 g/mol. The maximum atomic E-state index is 12.3. The molecule has 1 heterocycles. The van der Waals surface area contributed by atoms with Crippen molar-refractivity contribution in [1.29, 1.82) is 0 Å². The Kier molecular flexibility index (Phi) is 4.12. The fourth-order valence-electron chi connectivity index (χ4n) is 2.50. The number of hydrogen-bond acceptors (Lipinski definition) is 5. The summed E-state index contributed by atoms with van der Waals surface area (Å²) >= 11 is 0. The molecule has 118 valence electrons. The molecule has 3 rings (SSSR count). The molecule has 0 bridgehead atoms. The van der Waals surface area contributed by atoms with Gasteiger partial charge in [0.05, 0.1) is 13.7 Å². The van der Waals surface area contributed by atoms with Crippen LogP contribution >= 0.6 is 0 Å². The number of hydrogen-bond donors (Lipinski definition) is 1. The molecule has 0 aromatic heterocycles. The highest BCUT2D eigenvalue weighted by atomic mass is 16.6. The number of aliphatic imine (C=N–C) groups is 1. The van der Waals surface area contributed by atoms with E-state index in [1.807, 2.05) is 54.6 Å². The SMILES string of the molecule is COc1ccc(CC2(CO)N=C(c3ccccc3)OC2=O)cc1. The number of carbonyl (C=O) groups is 1. The molecule has 1 aliphatic heterocycles. The number of nitrogens with zero attached hydrogens (tertiary/aromatic N) is 1. The third kappa shape index (κ3) is 2.96. The second-order valence-electron chi connectivity index (χ2n) is 5.39. The van der Waals surface area contributed by atoms with Crippen molar-refractivity contribution in [1.82, 2.24) is 0 Å². The number of aliphatic hydroxyl groups excluding tert-OH is 1. The van der Waals surface area contributed by atoms with Crippen LogP contribution in [0.15, 0.2) is 59.6 Å². The van der Waals surface area contributed by atoms with Gasteiger partial charge in [0.15, 0.2) is 5.54 Å². The first-order valence-corrected chi connectivity index (χ1v) is 7.28. The molecular formula is C18H17NO4. The van der Waals surface area contributed by atoms with E-state index in [1.165, 1.54) is 0 Å². The van der Waals surface area contributed by atoms with E-state index in [1.54, 1.807) is 7.11 Å². The molecule has 1 unspecified atom stereocenters. The molecule has 5 nitrogen and oxygen atoms in total. The number of cyclic esters (lactones) is 1. The Morgan fingerprint density at radius 1 is 1.13 bits per heavy atom. The van der Waals surface area contributed by atoms with Crippen molar-refractivity contribution >= 4 is 11.9 Å². The van der Waals surface area contributed by atoms with Gasteiger partial charge in [-0.25, -0.2) is 9.79 Å². The summed E-state index contributed by atoms with van der Waals surface area (Å²) in [5.41, 5.74) is 0.292. The molecule has 0 fully saturated rings. The lowest BCUT2D eigenvalue weighted by atomic mass is 9.92. The molecule has 2 aromatic rings. The molecule has 0 radical (unpaired) electrons. The van der Waals surface area contributed by atoms with Crippen LogP contribution in [0.3, 0.4) is 0 Å². The molecule has 0 aliphatic carbocycles. The zero-order valence-electron chi connectivity index (χ0n) is 12.7. The topological polar surface area (TPSA) is 68.1 Å². The number of rotatable bonds is 5. The van der Waals surface area contributed by atoms with Crippen LogP contribution in [-0.4, -0.2) is 36.2 Å². The van der Waals surface area contributed by atoms with E-state index in [4.69, 9.17) is 9.47 Å². The van der Waals surface area contributed by atoms with E-state index in [2.05, 4.69) is 4.99 Å². The molecule has 5 heteroatoms. The molecule has 0 saturated carbocycles. The number of carbonyl (C=O) groups excluding carboxylic acids is 1. The highest BCUT2D eigenvalue weighted by Gasteiger charge is 2.46. The molecule has 23 heavy (non-hydrogen) atoms. The second-order valence-corrected chi connectivity index (χ2v) is 5.39. The maximum absolute atomic E-state index is 12.3. The van der Waals surface area contributed by atoms with Crippen LogP contribution in [0.25, 0.3) is 0 Å². The van der Waals surface area contributed by atoms with Crippen molar-refractivity contribution < 1.29 is 19.4 Å². The van der Waals surface area contributed by atoms with Crippen molar-refractivity contribution in [3.05, 3.63) is 65.7 Å². The summed E-state index contributed by atoms with van der Waals surface area (Å²) in [6.45, 7) is -0.409. The summed E-state index contributed by atoms with van der Waals surface area (Å²) in [5, 5.41) is 9.78. The van der Waals surface area contributed by atoms with Gasteiger partial charge in [-0.3, -0.25) is 0 Å². The van der Waals surface area contributed by atoms with E-state index >= 15 is 0 Å². The minimum absolute atomic E-state index is 0.248. The highest BCUT2D eigenvalue weighted by molar-refractivity contribution is 6.08. The summed E-state index contributed by atoms with van der Waals surface area (Å²) in [7, 11) is 1.59. The van der Waals surface area contributed by atoms with Crippen molar-refractivity contribution in [2.24, 2.45) is 4.99 Å². The molecule has 1 atom stereocenters. The maximum Gasteiger partial charge on any atom is 0.343 e. The first-order chi connectivity index (χ1) is 11.2. The number of methoxy groups -OCH3 is 1. The highest BCUT2D eigenvalue weighted by Crippen LogP contribution is 2.28. The Labute approximate surface area is 134 Å². The smallest absolute Gasteiger partial charge is 0.343 e. The number of aliphatic hydroxyl groups is 1. The van der Waals surface area contributed by atoms with Gasteiger partial charge in [0.2, 0.25) is 5.90 Å². The van der Waals surface area contributed by atoms with Gasteiger partial charge >= 0.3 is 5.97 Å². The van der Waals surface area contributed by atoms with Gasteiger partial charge in [0.25, 0.3) is 0 Å². The summed E-state index contributed by atoms with van der Waals surface area (Å²) in [5.74, 6) is 0.446. The van der Waals surface area contributed by atoms with E-state index in [0.29, 0.717) is 5.56 Å². The van der Waals surface area contributed by atoms with Crippen molar-refractivity contribution in [3.8, 4) is 5.75 Å². The molecule has 0 amide bonds. The normalized spacial score (nSPS) is 20.1. The quantitative estimate of drug-likeness (QED) is 0.857. The van der Waals surface area contributed by atoms with Crippen molar-refractivity contribution in [3.63, 3.8) is 0 Å². The van der Waals surface area contributed by atoms with Crippen LogP contribution < -0.4 is 4.74 Å². The monoisotopic (exact) mass is 311 g/mol. The zero-order valence-corrected chi connectivity index (χ0v) is 12.7. The largest absolute Gasteiger partial charge is 0.497 e. The first-order valence-electron chi connectivity index (χ1n) is 7.28. The molecule has 1 aliphatic rings. The molecule has 0 spiro atoms. The Morgan fingerprint density at radius 2 is 1.83 bits per heavy atom. The van der Waals surface area contributed by atoms with Gasteiger partial charge in [-0.15, -0.1) is 0 Å². The van der Waals surface area contributed by atoms with Gasteiger partial charge < -0.3 is 14.6 Å². The molecule has 2 aromatic carbocycles. The Bertz CT molecular complexity index is 724. The number of benzene rings is 2. The second kappa shape index (κ2) is 6.22.